The van der Waals surface area contributed by atoms with Gasteiger partial charge in [0.25, 0.3) is 5.56 Å². The molecule has 7 heteroatoms. The van der Waals surface area contributed by atoms with E-state index < -0.39 is 11.2 Å². The highest BCUT2D eigenvalue weighted by Crippen LogP contribution is 2.42. The second-order valence-corrected chi connectivity index (χ2v) is 9.94. The van der Waals surface area contributed by atoms with E-state index in [0.717, 1.165) is 29.5 Å². The van der Waals surface area contributed by atoms with Gasteiger partial charge in [-0.15, -0.1) is 11.3 Å². The Bertz CT molecular complexity index is 848. The number of carbonyl (C=O) groups excluding carboxylic acids is 1. The lowest BCUT2D eigenvalue weighted by Gasteiger charge is -2.33. The Morgan fingerprint density at radius 2 is 2.17 bits per heavy atom. The summed E-state index contributed by atoms with van der Waals surface area (Å²) in [6.45, 7) is 8.55. The monoisotopic (exact) mass is 365 g/mol. The number of rotatable bonds is 3. The smallest absolute Gasteiger partial charge is 0.260 e. The summed E-state index contributed by atoms with van der Waals surface area (Å²) < 4.78 is 0. The molecule has 2 atom stereocenters. The van der Waals surface area contributed by atoms with Crippen LogP contribution < -0.4 is 11.3 Å². The van der Waals surface area contributed by atoms with Crippen LogP contribution in [0.4, 0.5) is 0 Å². The van der Waals surface area contributed by atoms with Crippen LogP contribution in [-0.2, 0) is 17.6 Å². The lowest BCUT2D eigenvalue weighted by atomic mass is 9.72. The van der Waals surface area contributed by atoms with E-state index in [1.165, 1.54) is 22.2 Å². The van der Waals surface area contributed by atoms with Crippen molar-refractivity contribution >= 4 is 39.2 Å². The van der Waals surface area contributed by atoms with E-state index >= 15 is 0 Å². The number of hydrogen-bond acceptors (Lipinski definition) is 5. The van der Waals surface area contributed by atoms with Crippen molar-refractivity contribution in [1.29, 1.82) is 0 Å². The summed E-state index contributed by atoms with van der Waals surface area (Å²) in [5.74, 6) is 0.210. The Kier molecular flexibility index (Phi) is 4.51. The highest BCUT2D eigenvalue weighted by Gasteiger charge is 2.31. The number of hydrogen-bond donors (Lipinski definition) is 2. The quantitative estimate of drug-likeness (QED) is 0.646. The Morgan fingerprint density at radius 1 is 1.46 bits per heavy atom. The van der Waals surface area contributed by atoms with Crippen LogP contribution in [0, 0.1) is 11.3 Å². The molecule has 0 aliphatic heterocycles. The second-order valence-electron chi connectivity index (χ2n) is 7.52. The van der Waals surface area contributed by atoms with Crippen LogP contribution in [0.2, 0.25) is 0 Å². The molecule has 3 rings (SSSR count). The number of aromatic nitrogens is 2. The van der Waals surface area contributed by atoms with Crippen LogP contribution in [0.1, 0.15) is 44.6 Å². The zero-order chi connectivity index (χ0) is 17.6. The number of carbonyl (C=O) groups is 1. The first kappa shape index (κ1) is 17.5. The molecule has 0 radical (unpaired) electrons. The molecule has 2 heterocycles. The van der Waals surface area contributed by atoms with Gasteiger partial charge in [-0.2, -0.15) is 0 Å². The third-order valence-corrected chi connectivity index (χ3v) is 6.96. The molecule has 0 saturated heterocycles. The van der Waals surface area contributed by atoms with Crippen molar-refractivity contribution < 1.29 is 4.79 Å². The zero-order valence-corrected chi connectivity index (χ0v) is 16.1. The number of aryl methyl sites for hydroxylation is 1. The van der Waals surface area contributed by atoms with E-state index in [2.05, 4.69) is 30.7 Å². The number of thiophene rings is 1. The fourth-order valence-electron chi connectivity index (χ4n) is 3.18. The number of fused-ring (bicyclic) bond motifs is 3. The molecule has 0 fully saturated rings. The van der Waals surface area contributed by atoms with Gasteiger partial charge in [0.15, 0.2) is 5.16 Å². The topological polar surface area (TPSA) is 88.8 Å². The van der Waals surface area contributed by atoms with Crippen molar-refractivity contribution in [1.82, 2.24) is 9.97 Å². The van der Waals surface area contributed by atoms with Gasteiger partial charge in [-0.1, -0.05) is 32.5 Å². The first-order valence-electron chi connectivity index (χ1n) is 8.17. The first-order valence-corrected chi connectivity index (χ1v) is 9.87. The summed E-state index contributed by atoms with van der Waals surface area (Å²) in [6.07, 6.45) is 3.06. The van der Waals surface area contributed by atoms with Gasteiger partial charge in [-0.25, -0.2) is 4.98 Å². The van der Waals surface area contributed by atoms with Crippen molar-refractivity contribution in [3.05, 3.63) is 20.8 Å². The molecule has 1 aliphatic carbocycles. The molecule has 2 aromatic heterocycles. The van der Waals surface area contributed by atoms with Crippen LogP contribution in [0.15, 0.2) is 9.95 Å². The van der Waals surface area contributed by atoms with Gasteiger partial charge in [0.2, 0.25) is 5.91 Å². The summed E-state index contributed by atoms with van der Waals surface area (Å²) >= 11 is 2.82. The van der Waals surface area contributed by atoms with E-state index in [1.807, 2.05) is 0 Å². The molecule has 0 bridgehead atoms. The molecule has 3 N–H and O–H groups in total. The predicted octanol–water partition coefficient (Wildman–Crippen LogP) is 3.10. The number of aromatic amines is 1. The Hall–Kier alpha value is -1.34. The van der Waals surface area contributed by atoms with Crippen LogP contribution in [0.25, 0.3) is 10.2 Å². The zero-order valence-electron chi connectivity index (χ0n) is 14.4. The Morgan fingerprint density at radius 3 is 2.79 bits per heavy atom. The summed E-state index contributed by atoms with van der Waals surface area (Å²) in [4.78, 5) is 33.2. The summed E-state index contributed by atoms with van der Waals surface area (Å²) in [7, 11) is 0. The van der Waals surface area contributed by atoms with Crippen molar-refractivity contribution in [2.45, 2.75) is 57.4 Å². The number of nitrogens with one attached hydrogen (secondary N) is 1. The third-order valence-electron chi connectivity index (χ3n) is 4.81. The molecule has 0 spiro atoms. The molecular weight excluding hydrogens is 342 g/mol. The van der Waals surface area contributed by atoms with E-state index in [1.54, 1.807) is 18.3 Å². The van der Waals surface area contributed by atoms with Gasteiger partial charge in [-0.3, -0.25) is 9.59 Å². The molecule has 2 unspecified atom stereocenters. The van der Waals surface area contributed by atoms with Gasteiger partial charge < -0.3 is 10.7 Å². The number of amides is 1. The fraction of sp³-hybridized carbons (Fsp3) is 0.588. The molecular formula is C17H23N3O2S2. The molecule has 2 aromatic rings. The van der Waals surface area contributed by atoms with E-state index in [9.17, 15) is 9.59 Å². The van der Waals surface area contributed by atoms with E-state index in [-0.39, 0.29) is 11.0 Å². The number of primary amides is 1. The summed E-state index contributed by atoms with van der Waals surface area (Å²) in [6, 6.07) is 0. The normalized spacial score (nSPS) is 19.2. The average molecular weight is 366 g/mol. The maximum Gasteiger partial charge on any atom is 0.260 e. The third kappa shape index (κ3) is 3.24. The standard InChI is InChI=1S/C17H23N3O2S2/c1-8(13(18)21)23-16-19-14(22)12-10-6-5-9(17(2,3)4)7-11(10)24-15(12)20-16/h8-9H,5-7H2,1-4H3,(H2,18,21)(H,19,20,22). The van der Waals surface area contributed by atoms with Gasteiger partial charge >= 0.3 is 0 Å². The number of nitrogens with two attached hydrogens (primary N) is 1. The number of nitrogens with zero attached hydrogens (tertiary/aromatic N) is 1. The lowest BCUT2D eigenvalue weighted by Crippen LogP contribution is -2.26. The van der Waals surface area contributed by atoms with Crippen LogP contribution in [-0.4, -0.2) is 21.1 Å². The van der Waals surface area contributed by atoms with Crippen molar-refractivity contribution in [2.24, 2.45) is 17.1 Å². The molecule has 130 valence electrons. The fourth-order valence-corrected chi connectivity index (χ4v) is 5.29. The molecule has 0 saturated carbocycles. The van der Waals surface area contributed by atoms with E-state index in [4.69, 9.17) is 5.73 Å². The minimum Gasteiger partial charge on any atom is -0.369 e. The number of H-pyrrole nitrogens is 1. The molecule has 1 aliphatic rings. The molecule has 0 aromatic carbocycles. The average Bonchev–Trinajstić information content (AvgIpc) is 2.83. The van der Waals surface area contributed by atoms with Crippen LogP contribution >= 0.6 is 23.1 Å². The van der Waals surface area contributed by atoms with Crippen molar-refractivity contribution in [3.8, 4) is 0 Å². The molecule has 5 nitrogen and oxygen atoms in total. The minimum absolute atomic E-state index is 0.106. The maximum atomic E-state index is 12.5. The molecule has 1 amide bonds. The SMILES string of the molecule is CC(Sc1nc2sc3c(c2c(=O)[nH]1)CCC(C(C)(C)C)C3)C(N)=O. The Labute approximate surface area is 149 Å². The summed E-state index contributed by atoms with van der Waals surface area (Å²) in [5, 5.41) is 0.772. The highest BCUT2D eigenvalue weighted by atomic mass is 32.2. The van der Waals surface area contributed by atoms with Gasteiger partial charge in [0.05, 0.1) is 10.6 Å². The van der Waals surface area contributed by atoms with Crippen molar-refractivity contribution in [3.63, 3.8) is 0 Å². The minimum atomic E-state index is -0.426. The van der Waals surface area contributed by atoms with Gasteiger partial charge in [-0.05, 0) is 43.1 Å². The number of thioether (sulfide) groups is 1. The summed E-state index contributed by atoms with van der Waals surface area (Å²) in [5.41, 5.74) is 6.63. The van der Waals surface area contributed by atoms with Gasteiger partial charge in [0.1, 0.15) is 4.83 Å². The van der Waals surface area contributed by atoms with Crippen LogP contribution in [0.3, 0.4) is 0 Å². The molecule has 24 heavy (non-hydrogen) atoms. The van der Waals surface area contributed by atoms with Crippen molar-refractivity contribution in [2.75, 3.05) is 0 Å². The van der Waals surface area contributed by atoms with E-state index in [0.29, 0.717) is 11.1 Å². The lowest BCUT2D eigenvalue weighted by molar-refractivity contribution is -0.117. The van der Waals surface area contributed by atoms with Gasteiger partial charge in [0, 0.05) is 4.88 Å². The first-order chi connectivity index (χ1) is 11.2. The predicted molar refractivity (Wildman–Crippen MR) is 99.7 cm³/mol. The largest absolute Gasteiger partial charge is 0.369 e. The van der Waals surface area contributed by atoms with Crippen LogP contribution in [0.5, 0.6) is 0 Å². The second kappa shape index (κ2) is 6.19. The maximum absolute atomic E-state index is 12.5. The highest BCUT2D eigenvalue weighted by molar-refractivity contribution is 8.00. The Balaban J connectivity index is 1.99.